The van der Waals surface area contributed by atoms with Gasteiger partial charge in [-0.05, 0) is 13.8 Å². The topological polar surface area (TPSA) is 18.5 Å². The van der Waals surface area contributed by atoms with Gasteiger partial charge in [0.1, 0.15) is 6.79 Å². The Morgan fingerprint density at radius 1 is 1.44 bits per heavy atom. The zero-order valence-corrected chi connectivity index (χ0v) is 6.31. The lowest BCUT2D eigenvalue weighted by Gasteiger charge is -2.35. The van der Waals surface area contributed by atoms with Gasteiger partial charge >= 0.3 is 0 Å². The van der Waals surface area contributed by atoms with Crippen LogP contribution in [0.1, 0.15) is 20.8 Å². The second-order valence-electron chi connectivity index (χ2n) is 3.14. The Labute approximate surface area is 56.2 Å². The Hall–Kier alpha value is -0.0800. The van der Waals surface area contributed by atoms with E-state index in [1.54, 1.807) is 0 Å². The Kier molecular flexibility index (Phi) is 1.78. The molecule has 1 aliphatic heterocycles. The van der Waals surface area contributed by atoms with Crippen LogP contribution in [0.15, 0.2) is 0 Å². The molecule has 1 fully saturated rings. The van der Waals surface area contributed by atoms with E-state index in [0.29, 0.717) is 12.7 Å². The van der Waals surface area contributed by atoms with E-state index in [0.717, 1.165) is 6.61 Å². The van der Waals surface area contributed by atoms with Crippen molar-refractivity contribution in [2.24, 2.45) is 5.92 Å². The fourth-order valence-electron chi connectivity index (χ4n) is 0.761. The van der Waals surface area contributed by atoms with E-state index in [1.807, 2.05) is 0 Å². The summed E-state index contributed by atoms with van der Waals surface area (Å²) in [5.41, 5.74) is 0.0122. The summed E-state index contributed by atoms with van der Waals surface area (Å²) in [6, 6.07) is 0. The molecule has 1 rings (SSSR count). The molecular weight excluding hydrogens is 116 g/mol. The molecule has 1 atom stereocenters. The second kappa shape index (κ2) is 2.27. The Balaban J connectivity index is 2.49. The van der Waals surface area contributed by atoms with E-state index in [-0.39, 0.29) is 5.60 Å². The van der Waals surface area contributed by atoms with Crippen molar-refractivity contribution in [3.05, 3.63) is 0 Å². The fourth-order valence-corrected chi connectivity index (χ4v) is 0.761. The molecule has 0 bridgehead atoms. The maximum absolute atomic E-state index is 5.36. The molecule has 9 heavy (non-hydrogen) atoms. The summed E-state index contributed by atoms with van der Waals surface area (Å²) in [5.74, 6) is 0.506. The minimum Gasteiger partial charge on any atom is -0.355 e. The van der Waals surface area contributed by atoms with Crippen molar-refractivity contribution in [1.82, 2.24) is 0 Å². The van der Waals surface area contributed by atoms with Gasteiger partial charge in [-0.2, -0.15) is 0 Å². The highest BCUT2D eigenvalue weighted by atomic mass is 16.7. The summed E-state index contributed by atoms with van der Waals surface area (Å²) in [6.45, 7) is 7.61. The highest BCUT2D eigenvalue weighted by Crippen LogP contribution is 2.24. The van der Waals surface area contributed by atoms with E-state index in [2.05, 4.69) is 20.8 Å². The fraction of sp³-hybridized carbons (Fsp3) is 1.00. The molecule has 1 unspecified atom stereocenters. The number of rotatable bonds is 0. The summed E-state index contributed by atoms with van der Waals surface area (Å²) in [5, 5.41) is 0. The molecule has 0 aromatic carbocycles. The average Bonchev–Trinajstić information content (AvgIpc) is 1.77. The van der Waals surface area contributed by atoms with Crippen molar-refractivity contribution in [2.45, 2.75) is 26.4 Å². The molecule has 0 radical (unpaired) electrons. The maximum Gasteiger partial charge on any atom is 0.147 e. The van der Waals surface area contributed by atoms with Crippen molar-refractivity contribution in [2.75, 3.05) is 13.4 Å². The lowest BCUT2D eigenvalue weighted by atomic mass is 9.93. The molecule has 1 aliphatic rings. The predicted molar refractivity (Wildman–Crippen MR) is 35.1 cm³/mol. The van der Waals surface area contributed by atoms with Crippen LogP contribution in [-0.4, -0.2) is 19.0 Å². The van der Waals surface area contributed by atoms with Gasteiger partial charge in [-0.25, -0.2) is 0 Å². The molecule has 0 aliphatic carbocycles. The molecule has 0 spiro atoms. The zero-order chi connectivity index (χ0) is 6.91. The van der Waals surface area contributed by atoms with Crippen LogP contribution in [0.4, 0.5) is 0 Å². The molecule has 0 saturated carbocycles. The minimum absolute atomic E-state index is 0.0122. The lowest BCUT2D eigenvalue weighted by Crippen LogP contribution is -2.40. The Bertz CT molecular complexity index is 99.1. The van der Waals surface area contributed by atoms with Crippen molar-refractivity contribution in [1.29, 1.82) is 0 Å². The largest absolute Gasteiger partial charge is 0.355 e. The molecule has 2 heteroatoms. The normalized spacial score (nSPS) is 34.3. The van der Waals surface area contributed by atoms with Crippen LogP contribution in [-0.2, 0) is 9.47 Å². The second-order valence-corrected chi connectivity index (χ2v) is 3.14. The van der Waals surface area contributed by atoms with E-state index < -0.39 is 0 Å². The smallest absolute Gasteiger partial charge is 0.147 e. The van der Waals surface area contributed by atoms with Crippen LogP contribution in [0, 0.1) is 5.92 Å². The van der Waals surface area contributed by atoms with Gasteiger partial charge in [0.2, 0.25) is 0 Å². The number of ether oxygens (including phenoxy) is 2. The van der Waals surface area contributed by atoms with Crippen LogP contribution in [0.25, 0.3) is 0 Å². The van der Waals surface area contributed by atoms with Gasteiger partial charge in [-0.1, -0.05) is 6.92 Å². The van der Waals surface area contributed by atoms with Crippen LogP contribution >= 0.6 is 0 Å². The van der Waals surface area contributed by atoms with Crippen molar-refractivity contribution in [3.8, 4) is 0 Å². The highest BCUT2D eigenvalue weighted by Gasteiger charge is 2.29. The summed E-state index contributed by atoms with van der Waals surface area (Å²) >= 11 is 0. The lowest BCUT2D eigenvalue weighted by molar-refractivity contribution is -0.206. The number of hydrogen-bond acceptors (Lipinski definition) is 2. The molecule has 0 aromatic rings. The Morgan fingerprint density at radius 2 is 2.11 bits per heavy atom. The molecule has 0 amide bonds. The van der Waals surface area contributed by atoms with Crippen molar-refractivity contribution >= 4 is 0 Å². The first-order valence-corrected chi connectivity index (χ1v) is 3.34. The van der Waals surface area contributed by atoms with Crippen LogP contribution in [0.5, 0.6) is 0 Å². The van der Waals surface area contributed by atoms with Crippen LogP contribution < -0.4 is 0 Å². The molecule has 2 nitrogen and oxygen atoms in total. The molecule has 0 N–H and O–H groups in total. The standard InChI is InChI=1S/C7H14O2/c1-6-4-8-5-9-7(6,2)3/h6H,4-5H2,1-3H3. The first-order valence-electron chi connectivity index (χ1n) is 3.34. The van der Waals surface area contributed by atoms with E-state index in [4.69, 9.17) is 9.47 Å². The summed E-state index contributed by atoms with van der Waals surface area (Å²) < 4.78 is 10.5. The molecule has 1 saturated heterocycles. The third-order valence-electron chi connectivity index (χ3n) is 2.07. The Morgan fingerprint density at radius 3 is 2.44 bits per heavy atom. The SMILES string of the molecule is CC1COCOC1(C)C. The van der Waals surface area contributed by atoms with Gasteiger partial charge < -0.3 is 9.47 Å². The quantitative estimate of drug-likeness (QED) is 0.493. The van der Waals surface area contributed by atoms with Crippen LogP contribution in [0.3, 0.4) is 0 Å². The highest BCUT2D eigenvalue weighted by molar-refractivity contribution is 4.77. The average molecular weight is 130 g/mol. The predicted octanol–water partition coefficient (Wildman–Crippen LogP) is 1.41. The van der Waals surface area contributed by atoms with Gasteiger partial charge in [0.05, 0.1) is 12.2 Å². The number of hydrogen-bond donors (Lipinski definition) is 0. The van der Waals surface area contributed by atoms with Crippen LogP contribution in [0.2, 0.25) is 0 Å². The minimum atomic E-state index is 0.0122. The first-order chi connectivity index (χ1) is 4.13. The van der Waals surface area contributed by atoms with Crippen molar-refractivity contribution < 1.29 is 9.47 Å². The summed E-state index contributed by atoms with van der Waals surface area (Å²) in [4.78, 5) is 0. The van der Waals surface area contributed by atoms with E-state index >= 15 is 0 Å². The summed E-state index contributed by atoms with van der Waals surface area (Å²) in [7, 11) is 0. The molecule has 1 heterocycles. The zero-order valence-electron chi connectivity index (χ0n) is 6.31. The van der Waals surface area contributed by atoms with Gasteiger partial charge in [0.15, 0.2) is 0 Å². The van der Waals surface area contributed by atoms with Gasteiger partial charge in [-0.15, -0.1) is 0 Å². The monoisotopic (exact) mass is 130 g/mol. The third-order valence-corrected chi connectivity index (χ3v) is 2.07. The third kappa shape index (κ3) is 1.43. The molecular formula is C7H14O2. The van der Waals surface area contributed by atoms with Crippen molar-refractivity contribution in [3.63, 3.8) is 0 Å². The first kappa shape index (κ1) is 7.03. The summed E-state index contributed by atoms with van der Waals surface area (Å²) in [6.07, 6.45) is 0. The van der Waals surface area contributed by atoms with Gasteiger partial charge in [-0.3, -0.25) is 0 Å². The van der Waals surface area contributed by atoms with E-state index in [9.17, 15) is 0 Å². The maximum atomic E-state index is 5.36. The van der Waals surface area contributed by atoms with E-state index in [1.165, 1.54) is 0 Å². The molecule has 54 valence electrons. The molecule has 0 aromatic heterocycles. The van der Waals surface area contributed by atoms with Gasteiger partial charge in [0, 0.05) is 5.92 Å². The van der Waals surface area contributed by atoms with Gasteiger partial charge in [0.25, 0.3) is 0 Å².